The lowest BCUT2D eigenvalue weighted by atomic mass is 10.3. The molecule has 22 heavy (non-hydrogen) atoms. The highest BCUT2D eigenvalue weighted by molar-refractivity contribution is 6.30. The van der Waals surface area contributed by atoms with E-state index in [0.717, 1.165) is 48.7 Å². The van der Waals surface area contributed by atoms with Crippen LogP contribution >= 0.6 is 11.6 Å². The Hall–Kier alpha value is -2.18. The standard InChI is InChI=1S/C15H15ClN6/c16-11-2-1-3-12(8-11)22-15-13(9-20-22)14(18-10-19-15)21-6-4-17-5-7-21/h1-3,8-10,17H,4-7H2. The lowest BCUT2D eigenvalue weighted by Gasteiger charge is -2.28. The van der Waals surface area contributed by atoms with Gasteiger partial charge >= 0.3 is 0 Å². The Morgan fingerprint density at radius 2 is 2.00 bits per heavy atom. The van der Waals surface area contributed by atoms with Gasteiger partial charge in [0.1, 0.15) is 12.1 Å². The predicted octanol–water partition coefficient (Wildman–Crippen LogP) is 1.88. The zero-order valence-electron chi connectivity index (χ0n) is 11.9. The van der Waals surface area contributed by atoms with Crippen LogP contribution in [0.15, 0.2) is 36.8 Å². The average Bonchev–Trinajstić information content (AvgIpc) is 3.00. The van der Waals surface area contributed by atoms with E-state index in [-0.39, 0.29) is 0 Å². The normalized spacial score (nSPS) is 15.4. The SMILES string of the molecule is Clc1cccc(-n2ncc3c(N4CCNCC4)ncnc32)c1. The smallest absolute Gasteiger partial charge is 0.168 e. The van der Waals surface area contributed by atoms with E-state index in [1.807, 2.05) is 30.5 Å². The molecule has 7 heteroatoms. The first kappa shape index (κ1) is 13.5. The van der Waals surface area contributed by atoms with E-state index in [4.69, 9.17) is 11.6 Å². The number of piperazine rings is 1. The summed E-state index contributed by atoms with van der Waals surface area (Å²) in [5.74, 6) is 0.944. The van der Waals surface area contributed by atoms with Crippen LogP contribution < -0.4 is 10.2 Å². The Labute approximate surface area is 132 Å². The van der Waals surface area contributed by atoms with E-state index in [2.05, 4.69) is 25.3 Å². The molecular weight excluding hydrogens is 300 g/mol. The summed E-state index contributed by atoms with van der Waals surface area (Å²) in [6.07, 6.45) is 3.43. The minimum atomic E-state index is 0.678. The van der Waals surface area contributed by atoms with Crippen LogP contribution in [-0.2, 0) is 0 Å². The third-order valence-electron chi connectivity index (χ3n) is 3.81. The van der Waals surface area contributed by atoms with Crippen molar-refractivity contribution in [3.05, 3.63) is 41.8 Å². The van der Waals surface area contributed by atoms with Gasteiger partial charge in [-0.1, -0.05) is 17.7 Å². The van der Waals surface area contributed by atoms with Crippen molar-refractivity contribution in [1.82, 2.24) is 25.1 Å². The van der Waals surface area contributed by atoms with Crippen LogP contribution in [0, 0.1) is 0 Å². The molecule has 1 aliphatic rings. The van der Waals surface area contributed by atoms with Gasteiger partial charge in [0.05, 0.1) is 17.3 Å². The van der Waals surface area contributed by atoms with Crippen LogP contribution in [0.4, 0.5) is 5.82 Å². The van der Waals surface area contributed by atoms with Gasteiger partial charge in [0.25, 0.3) is 0 Å². The Morgan fingerprint density at radius 3 is 2.82 bits per heavy atom. The van der Waals surface area contributed by atoms with E-state index >= 15 is 0 Å². The molecular formula is C15H15ClN6. The van der Waals surface area contributed by atoms with E-state index < -0.39 is 0 Å². The topological polar surface area (TPSA) is 58.9 Å². The second-order valence-electron chi connectivity index (χ2n) is 5.21. The van der Waals surface area contributed by atoms with Crippen LogP contribution in [0.5, 0.6) is 0 Å². The second kappa shape index (κ2) is 5.55. The molecule has 1 aromatic carbocycles. The van der Waals surface area contributed by atoms with Gasteiger partial charge in [-0.05, 0) is 18.2 Å². The number of halogens is 1. The fraction of sp³-hybridized carbons (Fsp3) is 0.267. The van der Waals surface area contributed by atoms with Gasteiger partial charge in [-0.3, -0.25) is 0 Å². The highest BCUT2D eigenvalue weighted by Crippen LogP contribution is 2.25. The summed E-state index contributed by atoms with van der Waals surface area (Å²) in [5.41, 5.74) is 1.69. The first-order valence-electron chi connectivity index (χ1n) is 7.23. The molecule has 3 heterocycles. The van der Waals surface area contributed by atoms with E-state index in [1.54, 1.807) is 11.0 Å². The summed E-state index contributed by atoms with van der Waals surface area (Å²) in [7, 11) is 0. The quantitative estimate of drug-likeness (QED) is 0.782. The number of hydrogen-bond donors (Lipinski definition) is 1. The van der Waals surface area contributed by atoms with Gasteiger partial charge < -0.3 is 10.2 Å². The minimum Gasteiger partial charge on any atom is -0.353 e. The summed E-state index contributed by atoms with van der Waals surface area (Å²) in [6, 6.07) is 7.59. The van der Waals surface area contributed by atoms with Gasteiger partial charge in [-0.2, -0.15) is 5.10 Å². The molecule has 2 aromatic heterocycles. The molecule has 1 fully saturated rings. The molecule has 0 bridgehead atoms. The number of rotatable bonds is 2. The van der Waals surface area contributed by atoms with Crippen LogP contribution in [0.3, 0.4) is 0 Å². The van der Waals surface area contributed by atoms with Crippen molar-refractivity contribution >= 4 is 28.5 Å². The zero-order chi connectivity index (χ0) is 14.9. The lowest BCUT2D eigenvalue weighted by Crippen LogP contribution is -2.44. The molecule has 0 amide bonds. The molecule has 0 unspecified atom stereocenters. The molecule has 0 radical (unpaired) electrons. The molecule has 0 spiro atoms. The van der Waals surface area contributed by atoms with Crippen LogP contribution in [-0.4, -0.2) is 45.9 Å². The van der Waals surface area contributed by atoms with Gasteiger partial charge in [0.15, 0.2) is 5.65 Å². The van der Waals surface area contributed by atoms with Crippen molar-refractivity contribution in [2.24, 2.45) is 0 Å². The summed E-state index contributed by atoms with van der Waals surface area (Å²) in [6.45, 7) is 3.81. The summed E-state index contributed by atoms with van der Waals surface area (Å²) in [5, 5.41) is 9.47. The maximum atomic E-state index is 6.08. The largest absolute Gasteiger partial charge is 0.353 e. The molecule has 6 nitrogen and oxygen atoms in total. The van der Waals surface area contributed by atoms with Gasteiger partial charge in [0.2, 0.25) is 0 Å². The second-order valence-corrected chi connectivity index (χ2v) is 5.64. The molecule has 0 aliphatic carbocycles. The summed E-state index contributed by atoms with van der Waals surface area (Å²) >= 11 is 6.08. The number of aromatic nitrogens is 4. The van der Waals surface area contributed by atoms with E-state index in [0.29, 0.717) is 5.02 Å². The van der Waals surface area contributed by atoms with Gasteiger partial charge in [0, 0.05) is 31.2 Å². The van der Waals surface area contributed by atoms with Crippen molar-refractivity contribution in [1.29, 1.82) is 0 Å². The van der Waals surface area contributed by atoms with Crippen LogP contribution in [0.1, 0.15) is 0 Å². The number of hydrogen-bond acceptors (Lipinski definition) is 5. The molecule has 4 rings (SSSR count). The third kappa shape index (κ3) is 2.30. The highest BCUT2D eigenvalue weighted by Gasteiger charge is 2.17. The minimum absolute atomic E-state index is 0.678. The average molecular weight is 315 g/mol. The molecule has 112 valence electrons. The third-order valence-corrected chi connectivity index (χ3v) is 4.05. The van der Waals surface area contributed by atoms with E-state index in [9.17, 15) is 0 Å². The van der Waals surface area contributed by atoms with E-state index in [1.165, 1.54) is 0 Å². The Balaban J connectivity index is 1.83. The highest BCUT2D eigenvalue weighted by atomic mass is 35.5. The predicted molar refractivity (Wildman–Crippen MR) is 86.8 cm³/mol. The van der Waals surface area contributed by atoms with Crippen molar-refractivity contribution in [2.75, 3.05) is 31.1 Å². The fourth-order valence-electron chi connectivity index (χ4n) is 2.76. The zero-order valence-corrected chi connectivity index (χ0v) is 12.7. The number of benzene rings is 1. The Kier molecular flexibility index (Phi) is 3.40. The van der Waals surface area contributed by atoms with Crippen molar-refractivity contribution in [2.45, 2.75) is 0 Å². The first-order chi connectivity index (χ1) is 10.8. The van der Waals surface area contributed by atoms with Gasteiger partial charge in [-0.25, -0.2) is 14.6 Å². The maximum Gasteiger partial charge on any atom is 0.168 e. The summed E-state index contributed by atoms with van der Waals surface area (Å²) < 4.78 is 1.80. The molecule has 0 atom stereocenters. The molecule has 1 N–H and O–H groups in total. The number of anilines is 1. The lowest BCUT2D eigenvalue weighted by molar-refractivity contribution is 0.586. The molecule has 1 saturated heterocycles. The monoisotopic (exact) mass is 314 g/mol. The molecule has 1 aliphatic heterocycles. The maximum absolute atomic E-state index is 6.08. The van der Waals surface area contributed by atoms with Crippen molar-refractivity contribution < 1.29 is 0 Å². The molecule has 3 aromatic rings. The number of nitrogens with zero attached hydrogens (tertiary/aromatic N) is 5. The summed E-state index contributed by atoms with van der Waals surface area (Å²) in [4.78, 5) is 11.1. The van der Waals surface area contributed by atoms with Gasteiger partial charge in [-0.15, -0.1) is 0 Å². The fourth-order valence-corrected chi connectivity index (χ4v) is 2.94. The Bertz CT molecular complexity index is 809. The number of fused-ring (bicyclic) bond motifs is 1. The van der Waals surface area contributed by atoms with Crippen LogP contribution in [0.2, 0.25) is 5.02 Å². The van der Waals surface area contributed by atoms with Crippen molar-refractivity contribution in [3.63, 3.8) is 0 Å². The first-order valence-corrected chi connectivity index (χ1v) is 7.61. The molecule has 0 saturated carbocycles. The van der Waals surface area contributed by atoms with Crippen molar-refractivity contribution in [3.8, 4) is 5.69 Å². The number of nitrogens with one attached hydrogen (secondary N) is 1. The Morgan fingerprint density at radius 1 is 1.14 bits per heavy atom. The van der Waals surface area contributed by atoms with Crippen LogP contribution in [0.25, 0.3) is 16.7 Å².